The number of fused-ring (bicyclic) bond motifs is 1. The van der Waals surface area contributed by atoms with E-state index in [4.69, 9.17) is 9.68 Å². The highest BCUT2D eigenvalue weighted by atomic mass is 16.3. The summed E-state index contributed by atoms with van der Waals surface area (Å²) in [7, 11) is 0. The zero-order valence-electron chi connectivity index (χ0n) is 13.0. The van der Waals surface area contributed by atoms with Gasteiger partial charge in [-0.25, -0.2) is 0 Å². The molecule has 23 heavy (non-hydrogen) atoms. The van der Waals surface area contributed by atoms with E-state index >= 15 is 0 Å². The van der Waals surface area contributed by atoms with E-state index in [2.05, 4.69) is 11.4 Å². The van der Waals surface area contributed by atoms with Crippen molar-refractivity contribution < 1.29 is 9.21 Å². The quantitative estimate of drug-likeness (QED) is 0.711. The van der Waals surface area contributed by atoms with Gasteiger partial charge in [0.25, 0.3) is 0 Å². The van der Waals surface area contributed by atoms with Gasteiger partial charge in [-0.1, -0.05) is 18.2 Å². The van der Waals surface area contributed by atoms with Crippen LogP contribution in [0.5, 0.6) is 0 Å². The van der Waals surface area contributed by atoms with Gasteiger partial charge in [0.1, 0.15) is 11.3 Å². The number of carbonyl (C=O) groups excluding carboxylic acids is 1. The summed E-state index contributed by atoms with van der Waals surface area (Å²) >= 11 is 0. The number of rotatable bonds is 4. The molecule has 4 nitrogen and oxygen atoms in total. The zero-order chi connectivity index (χ0) is 16.4. The molecule has 1 atom stereocenters. The summed E-state index contributed by atoms with van der Waals surface area (Å²) in [5.41, 5.74) is 2.54. The third-order valence-electron chi connectivity index (χ3n) is 3.77. The van der Waals surface area contributed by atoms with Crippen LogP contribution < -0.4 is 5.32 Å². The van der Waals surface area contributed by atoms with Crippen molar-refractivity contribution in [2.45, 2.75) is 19.9 Å². The Morgan fingerprint density at radius 3 is 2.70 bits per heavy atom. The Labute approximate surface area is 134 Å². The summed E-state index contributed by atoms with van der Waals surface area (Å²) in [5, 5.41) is 13.4. The van der Waals surface area contributed by atoms with E-state index < -0.39 is 0 Å². The number of anilines is 1. The Morgan fingerprint density at radius 1 is 1.22 bits per heavy atom. The molecule has 0 aliphatic carbocycles. The van der Waals surface area contributed by atoms with Crippen LogP contribution in [0.25, 0.3) is 11.0 Å². The highest BCUT2D eigenvalue weighted by Crippen LogP contribution is 2.28. The first-order chi connectivity index (χ1) is 11.1. The van der Waals surface area contributed by atoms with Gasteiger partial charge in [0.15, 0.2) is 5.78 Å². The molecule has 0 radical (unpaired) electrons. The van der Waals surface area contributed by atoms with Crippen LogP contribution >= 0.6 is 0 Å². The summed E-state index contributed by atoms with van der Waals surface area (Å²) in [4.78, 5) is 11.8. The molecule has 1 heterocycles. The molecule has 1 aromatic heterocycles. The second kappa shape index (κ2) is 5.98. The van der Waals surface area contributed by atoms with E-state index in [1.165, 1.54) is 6.92 Å². The maximum atomic E-state index is 11.8. The summed E-state index contributed by atoms with van der Waals surface area (Å²) in [5.74, 6) is 0.733. The number of hydrogen-bond acceptors (Lipinski definition) is 4. The predicted molar refractivity (Wildman–Crippen MR) is 89.4 cm³/mol. The highest BCUT2D eigenvalue weighted by molar-refractivity contribution is 5.99. The van der Waals surface area contributed by atoms with Gasteiger partial charge in [0.2, 0.25) is 0 Å². The predicted octanol–water partition coefficient (Wildman–Crippen LogP) is 4.68. The lowest BCUT2D eigenvalue weighted by Crippen LogP contribution is -2.09. The van der Waals surface area contributed by atoms with Crippen LogP contribution in [0.4, 0.5) is 5.69 Å². The van der Waals surface area contributed by atoms with Crippen molar-refractivity contribution in [1.29, 1.82) is 5.26 Å². The Bertz CT molecular complexity index is 886. The third-order valence-corrected chi connectivity index (χ3v) is 3.77. The SMILES string of the molecule is CC(=O)c1ccc(C#N)cc1NC(C)c1cc2ccccc2o1. The first-order valence-corrected chi connectivity index (χ1v) is 7.38. The fourth-order valence-corrected chi connectivity index (χ4v) is 2.56. The van der Waals surface area contributed by atoms with Gasteiger partial charge in [-0.2, -0.15) is 5.26 Å². The molecule has 0 fully saturated rings. The first-order valence-electron chi connectivity index (χ1n) is 7.38. The molecule has 3 aromatic rings. The lowest BCUT2D eigenvalue weighted by Gasteiger charge is -2.15. The number of nitriles is 1. The van der Waals surface area contributed by atoms with Crippen LogP contribution in [0.3, 0.4) is 0 Å². The number of Topliss-reactive ketones (excluding diaryl/α,β-unsaturated/α-hetero) is 1. The van der Waals surface area contributed by atoms with Gasteiger partial charge in [-0.05, 0) is 44.2 Å². The standard InChI is InChI=1S/C19H16N2O2/c1-12(19-10-15-5-3-4-6-18(15)23-19)21-17-9-14(11-20)7-8-16(17)13(2)22/h3-10,12,21H,1-2H3. The van der Waals surface area contributed by atoms with E-state index in [9.17, 15) is 4.79 Å². The van der Waals surface area contributed by atoms with Gasteiger partial charge >= 0.3 is 0 Å². The van der Waals surface area contributed by atoms with Crippen LogP contribution in [0, 0.1) is 11.3 Å². The first kappa shape index (κ1) is 14.9. The number of hydrogen-bond donors (Lipinski definition) is 1. The van der Waals surface area contributed by atoms with Crippen LogP contribution in [-0.2, 0) is 0 Å². The van der Waals surface area contributed by atoms with Crippen LogP contribution in [0.15, 0.2) is 52.9 Å². The van der Waals surface area contributed by atoms with Crippen molar-refractivity contribution in [2.75, 3.05) is 5.32 Å². The Morgan fingerprint density at radius 2 is 2.00 bits per heavy atom. The Hall–Kier alpha value is -3.06. The molecule has 114 valence electrons. The van der Waals surface area contributed by atoms with Crippen molar-refractivity contribution in [2.24, 2.45) is 0 Å². The molecule has 0 spiro atoms. The number of ketones is 1. The summed E-state index contributed by atoms with van der Waals surface area (Å²) in [6.07, 6.45) is 0. The maximum Gasteiger partial charge on any atom is 0.161 e. The second-order valence-corrected chi connectivity index (χ2v) is 5.48. The summed E-state index contributed by atoms with van der Waals surface area (Å²) in [6.45, 7) is 3.47. The molecule has 1 N–H and O–H groups in total. The topological polar surface area (TPSA) is 66.0 Å². The molecular weight excluding hydrogens is 288 g/mol. The average molecular weight is 304 g/mol. The van der Waals surface area contributed by atoms with E-state index in [-0.39, 0.29) is 11.8 Å². The van der Waals surface area contributed by atoms with Crippen molar-refractivity contribution in [3.05, 3.63) is 65.4 Å². The maximum absolute atomic E-state index is 11.8. The van der Waals surface area contributed by atoms with Gasteiger partial charge in [0.05, 0.1) is 17.7 Å². The minimum atomic E-state index is -0.130. The second-order valence-electron chi connectivity index (χ2n) is 5.48. The molecule has 0 aliphatic heterocycles. The minimum absolute atomic E-state index is 0.0474. The minimum Gasteiger partial charge on any atom is -0.459 e. The smallest absolute Gasteiger partial charge is 0.161 e. The van der Waals surface area contributed by atoms with Crippen molar-refractivity contribution in [3.8, 4) is 6.07 Å². The van der Waals surface area contributed by atoms with E-state index in [0.29, 0.717) is 16.8 Å². The molecule has 0 saturated carbocycles. The van der Waals surface area contributed by atoms with Gasteiger partial charge in [0, 0.05) is 16.6 Å². The number of benzene rings is 2. The lowest BCUT2D eigenvalue weighted by atomic mass is 10.1. The molecule has 3 rings (SSSR count). The van der Waals surface area contributed by atoms with Gasteiger partial charge in [-0.15, -0.1) is 0 Å². The highest BCUT2D eigenvalue weighted by Gasteiger charge is 2.15. The number of carbonyl (C=O) groups is 1. The normalized spacial score (nSPS) is 11.9. The molecule has 0 bridgehead atoms. The van der Waals surface area contributed by atoms with Crippen LogP contribution in [0.1, 0.15) is 41.6 Å². The van der Waals surface area contributed by atoms with Crippen molar-refractivity contribution >= 4 is 22.4 Å². The van der Waals surface area contributed by atoms with Gasteiger partial charge < -0.3 is 9.73 Å². The zero-order valence-corrected chi connectivity index (χ0v) is 13.0. The molecule has 4 heteroatoms. The van der Waals surface area contributed by atoms with Crippen LogP contribution in [-0.4, -0.2) is 5.78 Å². The largest absolute Gasteiger partial charge is 0.459 e. The molecule has 0 saturated heterocycles. The van der Waals surface area contributed by atoms with E-state index in [1.807, 2.05) is 37.3 Å². The van der Waals surface area contributed by atoms with Crippen molar-refractivity contribution in [3.63, 3.8) is 0 Å². The van der Waals surface area contributed by atoms with Crippen LogP contribution in [0.2, 0.25) is 0 Å². The summed E-state index contributed by atoms with van der Waals surface area (Å²) < 4.78 is 5.85. The van der Waals surface area contributed by atoms with E-state index in [1.54, 1.807) is 18.2 Å². The molecule has 0 amide bonds. The fraction of sp³-hybridized carbons (Fsp3) is 0.158. The number of furan rings is 1. The molecule has 0 aliphatic rings. The Kier molecular flexibility index (Phi) is 3.86. The fourth-order valence-electron chi connectivity index (χ4n) is 2.56. The molecular formula is C19H16N2O2. The van der Waals surface area contributed by atoms with Crippen molar-refractivity contribution in [1.82, 2.24) is 0 Å². The number of para-hydroxylation sites is 1. The number of nitrogens with zero attached hydrogens (tertiary/aromatic N) is 1. The third kappa shape index (κ3) is 2.95. The number of nitrogens with one attached hydrogen (secondary N) is 1. The molecule has 1 unspecified atom stereocenters. The monoisotopic (exact) mass is 304 g/mol. The lowest BCUT2D eigenvalue weighted by molar-refractivity contribution is 0.101. The molecule has 2 aromatic carbocycles. The summed E-state index contributed by atoms with van der Waals surface area (Å²) in [6, 6.07) is 16.8. The Balaban J connectivity index is 1.94. The van der Waals surface area contributed by atoms with E-state index in [0.717, 1.165) is 16.7 Å². The average Bonchev–Trinajstić information content (AvgIpc) is 2.98. The van der Waals surface area contributed by atoms with Gasteiger partial charge in [-0.3, -0.25) is 4.79 Å².